The molecule has 0 spiro atoms. The van der Waals surface area contributed by atoms with Crippen LogP contribution in [0.4, 0.5) is 11.5 Å². The van der Waals surface area contributed by atoms with E-state index in [0.29, 0.717) is 37.3 Å². The third-order valence-electron chi connectivity index (χ3n) is 7.13. The van der Waals surface area contributed by atoms with Crippen molar-refractivity contribution < 1.29 is 9.59 Å². The molecule has 1 fully saturated rings. The number of hydrogen-bond donors (Lipinski definition) is 2. The highest BCUT2D eigenvalue weighted by Gasteiger charge is 2.39. The van der Waals surface area contributed by atoms with Crippen LogP contribution in [0.5, 0.6) is 0 Å². The third kappa shape index (κ3) is 4.87. The number of nitrogens with two attached hydrogens (primary N) is 1. The predicted molar refractivity (Wildman–Crippen MR) is 146 cm³/mol. The number of nitrogens with one attached hydrogen (secondary N) is 1. The Labute approximate surface area is 221 Å². The molecule has 5 rings (SSSR count). The molecule has 3 aromatic carbocycles. The van der Waals surface area contributed by atoms with E-state index in [0.717, 1.165) is 16.8 Å². The molecule has 1 aromatic heterocycles. The second-order valence-electron chi connectivity index (χ2n) is 9.45. The zero-order chi connectivity index (χ0) is 26.5. The summed E-state index contributed by atoms with van der Waals surface area (Å²) in [5.41, 5.74) is 8.55. The number of benzene rings is 3. The average molecular weight is 505 g/mol. The van der Waals surface area contributed by atoms with Crippen LogP contribution in [0, 0.1) is 11.3 Å². The molecular weight excluding hydrogens is 476 g/mol. The highest BCUT2D eigenvalue weighted by molar-refractivity contribution is 6.01. The lowest BCUT2D eigenvalue weighted by Crippen LogP contribution is -2.48. The number of nitriles is 1. The molecule has 38 heavy (non-hydrogen) atoms. The number of anilines is 2. The first-order valence-corrected chi connectivity index (χ1v) is 12.5. The first-order valence-electron chi connectivity index (χ1n) is 12.5. The summed E-state index contributed by atoms with van der Waals surface area (Å²) >= 11 is 0. The molecule has 0 bridgehead atoms. The van der Waals surface area contributed by atoms with Gasteiger partial charge in [-0.3, -0.25) is 14.3 Å². The number of hydrogen-bond acceptors (Lipinski definition) is 5. The van der Waals surface area contributed by atoms with E-state index in [1.807, 2.05) is 89.8 Å². The molecule has 3 N–H and O–H groups in total. The van der Waals surface area contributed by atoms with Gasteiger partial charge in [0.05, 0.1) is 18.0 Å². The van der Waals surface area contributed by atoms with E-state index >= 15 is 0 Å². The molecule has 0 unspecified atom stereocenters. The van der Waals surface area contributed by atoms with E-state index in [1.165, 1.54) is 0 Å². The standard InChI is InChI=1S/C30H28N6O2/c31-18-15-30(36-21-26(27(32)37)28(34-36)33-23-11-5-2-6-12-23)16-19-35(20-17-30)29(38)25-14-8-7-13-24(25)22-9-3-1-4-10-22/h1-14,21H,15-17,19-20H2,(H2,32,37)(H,33,34). The van der Waals surface area contributed by atoms with E-state index in [-0.39, 0.29) is 17.9 Å². The van der Waals surface area contributed by atoms with Gasteiger partial charge in [-0.1, -0.05) is 66.7 Å². The number of primary amides is 1. The number of aromatic nitrogens is 2. The smallest absolute Gasteiger partial charge is 0.254 e. The maximum Gasteiger partial charge on any atom is 0.254 e. The largest absolute Gasteiger partial charge is 0.365 e. The van der Waals surface area contributed by atoms with Crippen LogP contribution in [0.25, 0.3) is 11.1 Å². The van der Waals surface area contributed by atoms with Crippen LogP contribution < -0.4 is 11.1 Å². The van der Waals surface area contributed by atoms with Gasteiger partial charge in [-0.15, -0.1) is 0 Å². The molecule has 190 valence electrons. The highest BCUT2D eigenvalue weighted by atomic mass is 16.2. The van der Waals surface area contributed by atoms with Crippen molar-refractivity contribution in [3.63, 3.8) is 0 Å². The molecule has 0 radical (unpaired) electrons. The Hall–Kier alpha value is -4.90. The summed E-state index contributed by atoms with van der Waals surface area (Å²) in [4.78, 5) is 27.7. The third-order valence-corrected chi connectivity index (χ3v) is 7.13. The predicted octanol–water partition coefficient (Wildman–Crippen LogP) is 4.94. The number of carbonyl (C=O) groups is 2. The van der Waals surface area contributed by atoms with E-state index < -0.39 is 11.4 Å². The lowest BCUT2D eigenvalue weighted by atomic mass is 9.84. The number of rotatable bonds is 7. The molecule has 0 atom stereocenters. The fraction of sp³-hybridized carbons (Fsp3) is 0.200. The molecule has 2 amide bonds. The summed E-state index contributed by atoms with van der Waals surface area (Å²) in [6.45, 7) is 0.910. The number of para-hydroxylation sites is 1. The summed E-state index contributed by atoms with van der Waals surface area (Å²) in [5, 5.41) is 17.5. The highest BCUT2D eigenvalue weighted by Crippen LogP contribution is 2.36. The van der Waals surface area contributed by atoms with Crippen molar-refractivity contribution in [2.75, 3.05) is 18.4 Å². The van der Waals surface area contributed by atoms with Gasteiger partial charge in [0, 0.05) is 30.5 Å². The van der Waals surface area contributed by atoms with Crippen LogP contribution in [0.3, 0.4) is 0 Å². The van der Waals surface area contributed by atoms with Crippen molar-refractivity contribution in [2.45, 2.75) is 24.8 Å². The minimum Gasteiger partial charge on any atom is -0.365 e. The molecule has 1 aliphatic rings. The normalized spacial score (nSPS) is 14.4. The topological polar surface area (TPSA) is 117 Å². The summed E-state index contributed by atoms with van der Waals surface area (Å²) < 4.78 is 1.70. The van der Waals surface area contributed by atoms with Crippen LogP contribution in [-0.4, -0.2) is 39.6 Å². The molecule has 8 heteroatoms. The molecule has 1 saturated heterocycles. The van der Waals surface area contributed by atoms with Gasteiger partial charge in [0.1, 0.15) is 5.56 Å². The Morgan fingerprint density at radius 1 is 0.921 bits per heavy atom. The first kappa shape index (κ1) is 24.8. The Morgan fingerprint density at radius 3 is 2.21 bits per heavy atom. The van der Waals surface area contributed by atoms with Gasteiger partial charge < -0.3 is 16.0 Å². The van der Waals surface area contributed by atoms with E-state index in [1.54, 1.807) is 10.9 Å². The maximum atomic E-state index is 13.6. The second-order valence-corrected chi connectivity index (χ2v) is 9.45. The molecule has 0 saturated carbocycles. The Morgan fingerprint density at radius 2 is 1.55 bits per heavy atom. The summed E-state index contributed by atoms with van der Waals surface area (Å²) in [7, 11) is 0. The molecule has 0 aliphatic carbocycles. The Kier molecular flexibility index (Phi) is 6.92. The van der Waals surface area contributed by atoms with Gasteiger partial charge in [0.15, 0.2) is 5.82 Å². The number of nitrogens with zero attached hydrogens (tertiary/aromatic N) is 4. The van der Waals surface area contributed by atoms with Gasteiger partial charge >= 0.3 is 0 Å². The minimum atomic E-state index is -0.661. The molecule has 2 heterocycles. The second kappa shape index (κ2) is 10.6. The van der Waals surface area contributed by atoms with Crippen LogP contribution in [0.1, 0.15) is 40.0 Å². The van der Waals surface area contributed by atoms with E-state index in [4.69, 9.17) is 5.73 Å². The number of amides is 2. The van der Waals surface area contributed by atoms with Gasteiger partial charge in [-0.2, -0.15) is 10.4 Å². The molecule has 4 aromatic rings. The van der Waals surface area contributed by atoms with Crippen molar-refractivity contribution in [1.82, 2.24) is 14.7 Å². The maximum absolute atomic E-state index is 13.6. The van der Waals surface area contributed by atoms with Crippen molar-refractivity contribution in [3.8, 4) is 17.2 Å². The summed E-state index contributed by atoms with van der Waals surface area (Å²) in [6.07, 6.45) is 2.85. The van der Waals surface area contributed by atoms with Crippen LogP contribution >= 0.6 is 0 Å². The fourth-order valence-electron chi connectivity index (χ4n) is 5.02. The lowest BCUT2D eigenvalue weighted by Gasteiger charge is -2.41. The SMILES string of the molecule is N#CCC1(n2cc(C(N)=O)c(Nc3ccccc3)n2)CCN(C(=O)c2ccccc2-c2ccccc2)CC1. The van der Waals surface area contributed by atoms with Crippen molar-refractivity contribution in [3.05, 3.63) is 102 Å². The summed E-state index contributed by atoms with van der Waals surface area (Å²) in [5.74, 6) is -0.303. The van der Waals surface area contributed by atoms with E-state index in [2.05, 4.69) is 16.5 Å². The number of likely N-dealkylation sites (tertiary alicyclic amines) is 1. The van der Waals surface area contributed by atoms with E-state index in [9.17, 15) is 14.9 Å². The monoisotopic (exact) mass is 504 g/mol. The van der Waals surface area contributed by atoms with Crippen molar-refractivity contribution in [1.29, 1.82) is 5.26 Å². The van der Waals surface area contributed by atoms with Gasteiger partial charge in [-0.05, 0) is 42.2 Å². The lowest BCUT2D eigenvalue weighted by molar-refractivity contribution is 0.0580. The molecule has 8 nitrogen and oxygen atoms in total. The molecule has 1 aliphatic heterocycles. The molecular formula is C30H28N6O2. The number of carbonyl (C=O) groups excluding carboxylic acids is 2. The van der Waals surface area contributed by atoms with Gasteiger partial charge in [0.25, 0.3) is 11.8 Å². The fourth-order valence-corrected chi connectivity index (χ4v) is 5.02. The summed E-state index contributed by atoms with van der Waals surface area (Å²) in [6, 6.07) is 29.2. The quantitative estimate of drug-likeness (QED) is 0.370. The zero-order valence-corrected chi connectivity index (χ0v) is 20.9. The number of piperidine rings is 1. The van der Waals surface area contributed by atoms with Gasteiger partial charge in [-0.25, -0.2) is 0 Å². The average Bonchev–Trinajstić information content (AvgIpc) is 3.39. The van der Waals surface area contributed by atoms with Crippen LogP contribution in [0.2, 0.25) is 0 Å². The van der Waals surface area contributed by atoms with Crippen LogP contribution in [-0.2, 0) is 5.54 Å². The van der Waals surface area contributed by atoms with Gasteiger partial charge in [0.2, 0.25) is 0 Å². The minimum absolute atomic E-state index is 0.0419. The Balaban J connectivity index is 1.40. The Bertz CT molecular complexity index is 1480. The zero-order valence-electron chi connectivity index (χ0n) is 20.9. The van der Waals surface area contributed by atoms with Crippen LogP contribution in [0.15, 0.2) is 91.1 Å². The first-order chi connectivity index (χ1) is 18.5. The van der Waals surface area contributed by atoms with Crippen molar-refractivity contribution >= 4 is 23.3 Å². The van der Waals surface area contributed by atoms with Crippen molar-refractivity contribution in [2.24, 2.45) is 5.73 Å².